The fourth-order valence-corrected chi connectivity index (χ4v) is 5.67. The molecular weight excluding hydrogens is 242 g/mol. The van der Waals surface area contributed by atoms with Crippen LogP contribution in [0.1, 0.15) is 44.1 Å². The van der Waals surface area contributed by atoms with Gasteiger partial charge in [-0.15, -0.1) is 0 Å². The van der Waals surface area contributed by atoms with Gasteiger partial charge in [0.1, 0.15) is 0 Å². The Morgan fingerprint density at radius 2 is 1.55 bits per heavy atom. The molecule has 20 heavy (non-hydrogen) atoms. The Balaban J connectivity index is 1.78. The average molecular weight is 263 g/mol. The number of nitriles is 1. The first-order valence-corrected chi connectivity index (χ1v) is 7.95. The van der Waals surface area contributed by atoms with Crippen molar-refractivity contribution in [1.82, 2.24) is 0 Å². The van der Waals surface area contributed by atoms with Crippen LogP contribution >= 0.6 is 0 Å². The van der Waals surface area contributed by atoms with Gasteiger partial charge in [-0.05, 0) is 72.8 Å². The van der Waals surface area contributed by atoms with Gasteiger partial charge in [0, 0.05) is 6.08 Å². The quantitative estimate of drug-likeness (QED) is 0.702. The molecule has 0 N–H and O–H groups in total. The summed E-state index contributed by atoms with van der Waals surface area (Å²) in [5.74, 6) is 2.77. The summed E-state index contributed by atoms with van der Waals surface area (Å²) in [5, 5.41) is 9.27. The van der Waals surface area contributed by atoms with Crippen molar-refractivity contribution in [1.29, 1.82) is 5.26 Å². The van der Waals surface area contributed by atoms with Gasteiger partial charge in [0.05, 0.1) is 6.07 Å². The predicted octanol–water partition coefficient (Wildman–Crippen LogP) is 4.81. The van der Waals surface area contributed by atoms with Crippen molar-refractivity contribution in [3.05, 3.63) is 42.0 Å². The molecule has 4 aliphatic carbocycles. The van der Waals surface area contributed by atoms with Crippen LogP contribution in [-0.2, 0) is 0 Å². The lowest BCUT2D eigenvalue weighted by Gasteiger charge is -2.57. The van der Waals surface area contributed by atoms with Crippen LogP contribution in [0.25, 0.3) is 5.57 Å². The first-order chi connectivity index (χ1) is 9.79. The van der Waals surface area contributed by atoms with E-state index < -0.39 is 0 Å². The maximum Gasteiger partial charge on any atom is 0.0915 e. The normalized spacial score (nSPS) is 38.8. The van der Waals surface area contributed by atoms with Crippen molar-refractivity contribution >= 4 is 5.57 Å². The zero-order valence-electron chi connectivity index (χ0n) is 11.9. The zero-order valence-corrected chi connectivity index (χ0v) is 11.9. The van der Waals surface area contributed by atoms with E-state index in [2.05, 4.69) is 36.4 Å². The third-order valence-corrected chi connectivity index (χ3v) is 5.90. The molecule has 0 atom stereocenters. The van der Waals surface area contributed by atoms with Crippen molar-refractivity contribution in [3.63, 3.8) is 0 Å². The summed E-state index contributed by atoms with van der Waals surface area (Å²) in [4.78, 5) is 0. The Morgan fingerprint density at radius 1 is 1.00 bits per heavy atom. The molecule has 0 heterocycles. The molecule has 0 saturated heterocycles. The molecule has 0 spiro atoms. The zero-order chi connectivity index (χ0) is 13.6. The Kier molecular flexibility index (Phi) is 2.74. The molecule has 0 unspecified atom stereocenters. The molecule has 0 amide bonds. The van der Waals surface area contributed by atoms with Crippen LogP contribution < -0.4 is 0 Å². The molecular formula is C19H21N. The number of hydrogen-bond donors (Lipinski definition) is 0. The van der Waals surface area contributed by atoms with E-state index in [-0.39, 0.29) is 0 Å². The molecule has 0 aliphatic heterocycles. The Labute approximate surface area is 121 Å². The van der Waals surface area contributed by atoms with Crippen LogP contribution in [0.5, 0.6) is 0 Å². The largest absolute Gasteiger partial charge is 0.193 e. The molecule has 4 aliphatic rings. The van der Waals surface area contributed by atoms with Gasteiger partial charge in [-0.2, -0.15) is 5.26 Å². The molecule has 4 saturated carbocycles. The highest BCUT2D eigenvalue weighted by molar-refractivity contribution is 5.72. The summed E-state index contributed by atoms with van der Waals surface area (Å²) >= 11 is 0. The predicted molar refractivity (Wildman–Crippen MR) is 80.6 cm³/mol. The summed E-state index contributed by atoms with van der Waals surface area (Å²) in [5.41, 5.74) is 2.92. The second-order valence-corrected chi connectivity index (χ2v) is 7.25. The monoisotopic (exact) mass is 263 g/mol. The molecule has 1 aromatic carbocycles. The van der Waals surface area contributed by atoms with Crippen molar-refractivity contribution in [2.75, 3.05) is 0 Å². The van der Waals surface area contributed by atoms with Crippen molar-refractivity contribution in [2.24, 2.45) is 23.2 Å². The number of nitrogens with zero attached hydrogens (tertiary/aromatic N) is 1. The topological polar surface area (TPSA) is 23.8 Å². The van der Waals surface area contributed by atoms with E-state index in [1.54, 1.807) is 0 Å². The Hall–Kier alpha value is -1.55. The highest BCUT2D eigenvalue weighted by Gasteiger charge is 2.52. The van der Waals surface area contributed by atoms with Crippen molar-refractivity contribution < 1.29 is 0 Å². The first kappa shape index (κ1) is 12.2. The molecule has 4 fully saturated rings. The summed E-state index contributed by atoms with van der Waals surface area (Å²) < 4.78 is 0. The number of rotatable bonds is 2. The summed E-state index contributed by atoms with van der Waals surface area (Å²) in [6.07, 6.45) is 10.2. The van der Waals surface area contributed by atoms with E-state index in [9.17, 15) is 5.26 Å². The van der Waals surface area contributed by atoms with Gasteiger partial charge < -0.3 is 0 Å². The molecule has 102 valence electrons. The highest BCUT2D eigenvalue weighted by atomic mass is 14.6. The highest BCUT2D eigenvalue weighted by Crippen LogP contribution is 2.64. The van der Waals surface area contributed by atoms with Crippen LogP contribution in [0, 0.1) is 34.5 Å². The molecule has 0 aromatic heterocycles. The standard InChI is InChI=1S/C19H21N/c20-7-6-18(17-4-2-1-3-5-17)19-11-14-8-15(12-19)10-16(9-14)13-19/h1-6,14-16H,8-13H2/b18-6+. The number of hydrogen-bond acceptors (Lipinski definition) is 1. The molecule has 0 radical (unpaired) electrons. The lowest BCUT2D eigenvalue weighted by Crippen LogP contribution is -2.46. The van der Waals surface area contributed by atoms with E-state index >= 15 is 0 Å². The molecule has 1 nitrogen and oxygen atoms in total. The van der Waals surface area contributed by atoms with Crippen LogP contribution in [0.15, 0.2) is 36.4 Å². The van der Waals surface area contributed by atoms with Crippen LogP contribution in [0.4, 0.5) is 0 Å². The minimum Gasteiger partial charge on any atom is -0.193 e. The summed E-state index contributed by atoms with van der Waals surface area (Å²) in [6.45, 7) is 0. The van der Waals surface area contributed by atoms with E-state index in [0.717, 1.165) is 17.8 Å². The first-order valence-electron chi connectivity index (χ1n) is 7.95. The number of allylic oxidation sites excluding steroid dienone is 2. The van der Waals surface area contributed by atoms with Gasteiger partial charge in [-0.25, -0.2) is 0 Å². The van der Waals surface area contributed by atoms with Gasteiger partial charge in [0.15, 0.2) is 0 Å². The lowest BCUT2D eigenvalue weighted by molar-refractivity contribution is -0.0177. The van der Waals surface area contributed by atoms with Crippen LogP contribution in [0.2, 0.25) is 0 Å². The SMILES string of the molecule is N#C/C=C(\c1ccccc1)C12CC3CC(CC(C3)C1)C2. The third kappa shape index (κ3) is 1.82. The van der Waals surface area contributed by atoms with Gasteiger partial charge in [0.25, 0.3) is 0 Å². The maximum absolute atomic E-state index is 9.27. The third-order valence-electron chi connectivity index (χ3n) is 5.90. The fraction of sp³-hybridized carbons (Fsp3) is 0.526. The smallest absolute Gasteiger partial charge is 0.0915 e. The van der Waals surface area contributed by atoms with E-state index in [4.69, 9.17) is 0 Å². The Morgan fingerprint density at radius 3 is 2.05 bits per heavy atom. The van der Waals surface area contributed by atoms with E-state index in [1.165, 1.54) is 49.7 Å². The van der Waals surface area contributed by atoms with Crippen molar-refractivity contribution in [3.8, 4) is 6.07 Å². The van der Waals surface area contributed by atoms with E-state index in [0.29, 0.717) is 5.41 Å². The lowest BCUT2D eigenvalue weighted by atomic mass is 9.47. The van der Waals surface area contributed by atoms with Gasteiger partial charge >= 0.3 is 0 Å². The summed E-state index contributed by atoms with van der Waals surface area (Å²) in [7, 11) is 0. The summed E-state index contributed by atoms with van der Waals surface area (Å²) in [6, 6.07) is 13.0. The molecule has 1 aromatic rings. The van der Waals surface area contributed by atoms with Crippen molar-refractivity contribution in [2.45, 2.75) is 38.5 Å². The van der Waals surface area contributed by atoms with Crippen LogP contribution in [-0.4, -0.2) is 0 Å². The molecule has 4 bridgehead atoms. The minimum atomic E-state index is 0.311. The Bertz CT molecular complexity index is 540. The van der Waals surface area contributed by atoms with Crippen LogP contribution in [0.3, 0.4) is 0 Å². The van der Waals surface area contributed by atoms with Gasteiger partial charge in [-0.1, -0.05) is 30.3 Å². The van der Waals surface area contributed by atoms with Gasteiger partial charge in [-0.3, -0.25) is 0 Å². The number of benzene rings is 1. The fourth-order valence-electron chi connectivity index (χ4n) is 5.67. The minimum absolute atomic E-state index is 0.311. The van der Waals surface area contributed by atoms with Gasteiger partial charge in [0.2, 0.25) is 0 Å². The second kappa shape index (κ2) is 4.48. The molecule has 1 heteroatoms. The second-order valence-electron chi connectivity index (χ2n) is 7.25. The average Bonchev–Trinajstić information content (AvgIpc) is 2.44. The maximum atomic E-state index is 9.27. The molecule has 5 rings (SSSR count). The van der Waals surface area contributed by atoms with E-state index in [1.807, 2.05) is 6.08 Å².